The van der Waals surface area contributed by atoms with Gasteiger partial charge in [-0.05, 0) is 61.8 Å². The van der Waals surface area contributed by atoms with Gasteiger partial charge in [0.15, 0.2) is 0 Å². The Balaban J connectivity index is 0.000000479. The lowest BCUT2D eigenvalue weighted by Crippen LogP contribution is -2.23. The van der Waals surface area contributed by atoms with Crippen LogP contribution in [0, 0.1) is 6.92 Å². The maximum absolute atomic E-state index is 10.6. The SMILES string of the molecule is CCCCCCSc1ccc(-c2nc3cc(C)ccn3c2NC2CCCCC2)cc1.O=C(O)C(F)(F)F. The van der Waals surface area contributed by atoms with Gasteiger partial charge in [-0.1, -0.05) is 57.6 Å². The fraction of sp³-hybridized carbons (Fsp3) is 0.500. The molecule has 37 heavy (non-hydrogen) atoms. The fourth-order valence-corrected chi connectivity index (χ4v) is 5.27. The highest BCUT2D eigenvalue weighted by atomic mass is 32.2. The van der Waals surface area contributed by atoms with Crippen LogP contribution in [0.5, 0.6) is 0 Å². The van der Waals surface area contributed by atoms with Crippen molar-refractivity contribution in [2.24, 2.45) is 0 Å². The summed E-state index contributed by atoms with van der Waals surface area (Å²) in [6.45, 7) is 4.40. The van der Waals surface area contributed by atoms with E-state index in [-0.39, 0.29) is 0 Å². The molecule has 202 valence electrons. The van der Waals surface area contributed by atoms with E-state index in [0.29, 0.717) is 6.04 Å². The van der Waals surface area contributed by atoms with Gasteiger partial charge in [-0.3, -0.25) is 4.40 Å². The van der Waals surface area contributed by atoms with Gasteiger partial charge < -0.3 is 10.4 Å². The van der Waals surface area contributed by atoms with Crippen molar-refractivity contribution >= 4 is 29.2 Å². The molecule has 4 rings (SSSR count). The number of thioether (sulfide) groups is 1. The number of carboxylic acids is 1. The van der Waals surface area contributed by atoms with Crippen molar-refractivity contribution in [1.29, 1.82) is 0 Å². The molecule has 1 aromatic carbocycles. The summed E-state index contributed by atoms with van der Waals surface area (Å²) in [5.41, 5.74) is 4.55. The molecule has 1 aliphatic carbocycles. The molecule has 5 nitrogen and oxygen atoms in total. The molecule has 1 saturated carbocycles. The Morgan fingerprint density at radius 2 is 1.78 bits per heavy atom. The molecule has 0 unspecified atom stereocenters. The number of unbranched alkanes of at least 4 members (excludes halogenated alkanes) is 3. The summed E-state index contributed by atoms with van der Waals surface area (Å²) in [6, 6.07) is 13.9. The molecule has 0 radical (unpaired) electrons. The van der Waals surface area contributed by atoms with E-state index in [0.717, 1.165) is 17.2 Å². The first kappa shape index (κ1) is 28.9. The van der Waals surface area contributed by atoms with Crippen LogP contribution in [-0.4, -0.2) is 38.4 Å². The number of pyridine rings is 1. The Bertz CT molecular complexity index is 1140. The van der Waals surface area contributed by atoms with Gasteiger partial charge in [-0.2, -0.15) is 13.2 Å². The number of alkyl halides is 3. The monoisotopic (exact) mass is 535 g/mol. The average Bonchev–Trinajstić information content (AvgIpc) is 3.22. The molecule has 9 heteroatoms. The lowest BCUT2D eigenvalue weighted by Gasteiger charge is -2.24. The van der Waals surface area contributed by atoms with Crippen LogP contribution in [0.3, 0.4) is 0 Å². The molecule has 0 atom stereocenters. The molecule has 3 aromatic rings. The third-order valence-corrected chi connectivity index (χ3v) is 7.46. The molecular weight excluding hydrogens is 499 g/mol. The normalized spacial score (nSPS) is 14.3. The van der Waals surface area contributed by atoms with Crippen molar-refractivity contribution in [2.75, 3.05) is 11.1 Å². The summed E-state index contributed by atoms with van der Waals surface area (Å²) in [6.07, 6.45) is 8.92. The lowest BCUT2D eigenvalue weighted by atomic mass is 9.95. The summed E-state index contributed by atoms with van der Waals surface area (Å²) >= 11 is 1.97. The maximum atomic E-state index is 10.6. The number of hydrogen-bond donors (Lipinski definition) is 2. The number of fused-ring (bicyclic) bond motifs is 1. The number of nitrogens with one attached hydrogen (secondary N) is 1. The molecule has 2 aromatic heterocycles. The molecular formula is C28H36F3N3O2S. The van der Waals surface area contributed by atoms with Crippen LogP contribution >= 0.6 is 11.8 Å². The zero-order chi connectivity index (χ0) is 26.8. The van der Waals surface area contributed by atoms with E-state index in [4.69, 9.17) is 14.9 Å². The number of aryl methyl sites for hydroxylation is 1. The van der Waals surface area contributed by atoms with Gasteiger partial charge in [0.25, 0.3) is 0 Å². The number of carboxylic acid groups (broad SMARTS) is 1. The highest BCUT2D eigenvalue weighted by Crippen LogP contribution is 2.33. The number of carbonyl (C=O) groups is 1. The molecule has 0 bridgehead atoms. The summed E-state index contributed by atoms with van der Waals surface area (Å²) < 4.78 is 34.0. The van der Waals surface area contributed by atoms with E-state index in [2.05, 4.69) is 66.2 Å². The van der Waals surface area contributed by atoms with E-state index in [1.54, 1.807) is 0 Å². The zero-order valence-corrected chi connectivity index (χ0v) is 22.3. The lowest BCUT2D eigenvalue weighted by molar-refractivity contribution is -0.192. The van der Waals surface area contributed by atoms with Gasteiger partial charge in [0.05, 0.1) is 0 Å². The Morgan fingerprint density at radius 3 is 2.41 bits per heavy atom. The quantitative estimate of drug-likeness (QED) is 0.213. The fourth-order valence-electron chi connectivity index (χ4n) is 4.35. The van der Waals surface area contributed by atoms with Crippen molar-refractivity contribution in [1.82, 2.24) is 9.38 Å². The minimum absolute atomic E-state index is 0.552. The van der Waals surface area contributed by atoms with Crippen LogP contribution in [0.15, 0.2) is 47.5 Å². The maximum Gasteiger partial charge on any atom is 0.490 e. The van der Waals surface area contributed by atoms with Crippen LogP contribution in [0.4, 0.5) is 19.0 Å². The molecule has 0 amide bonds. The number of aliphatic carboxylic acids is 1. The predicted molar refractivity (Wildman–Crippen MR) is 144 cm³/mol. The molecule has 0 aliphatic heterocycles. The molecule has 1 fully saturated rings. The van der Waals surface area contributed by atoms with Crippen molar-refractivity contribution < 1.29 is 23.1 Å². The van der Waals surface area contributed by atoms with E-state index in [9.17, 15) is 13.2 Å². The van der Waals surface area contributed by atoms with Crippen LogP contribution in [0.25, 0.3) is 16.9 Å². The second-order valence-electron chi connectivity index (χ2n) is 9.46. The van der Waals surface area contributed by atoms with Crippen molar-refractivity contribution in [3.8, 4) is 11.3 Å². The van der Waals surface area contributed by atoms with Crippen molar-refractivity contribution in [2.45, 2.75) is 88.7 Å². The summed E-state index contributed by atoms with van der Waals surface area (Å²) in [5.74, 6) is -0.397. The topological polar surface area (TPSA) is 66.6 Å². The Morgan fingerprint density at radius 1 is 1.11 bits per heavy atom. The minimum Gasteiger partial charge on any atom is -0.475 e. The number of nitrogens with zero attached hydrogens (tertiary/aromatic N) is 2. The van der Waals surface area contributed by atoms with Gasteiger partial charge in [0.2, 0.25) is 0 Å². The van der Waals surface area contributed by atoms with E-state index in [1.807, 2.05) is 11.8 Å². The summed E-state index contributed by atoms with van der Waals surface area (Å²) in [4.78, 5) is 15.3. The Kier molecular flexibility index (Phi) is 10.7. The van der Waals surface area contributed by atoms with Crippen LogP contribution in [-0.2, 0) is 4.79 Å². The van der Waals surface area contributed by atoms with Crippen LogP contribution in [0.1, 0.15) is 70.3 Å². The number of aromatic nitrogens is 2. The third kappa shape index (κ3) is 8.69. The van der Waals surface area contributed by atoms with Crippen LogP contribution in [0.2, 0.25) is 0 Å². The Hall–Kier alpha value is -2.68. The van der Waals surface area contributed by atoms with Gasteiger partial charge in [0, 0.05) is 22.7 Å². The highest BCUT2D eigenvalue weighted by Gasteiger charge is 2.38. The molecule has 2 heterocycles. The van der Waals surface area contributed by atoms with Crippen molar-refractivity contribution in [3.05, 3.63) is 48.2 Å². The number of imidazole rings is 1. The second kappa shape index (κ2) is 13.7. The number of halogens is 3. The van der Waals surface area contributed by atoms with E-state index < -0.39 is 12.1 Å². The largest absolute Gasteiger partial charge is 0.490 e. The van der Waals surface area contributed by atoms with Gasteiger partial charge in [0.1, 0.15) is 17.2 Å². The number of anilines is 1. The number of benzene rings is 1. The molecule has 2 N–H and O–H groups in total. The molecule has 1 aliphatic rings. The first-order chi connectivity index (χ1) is 17.7. The first-order valence-electron chi connectivity index (χ1n) is 13.0. The van der Waals surface area contributed by atoms with Gasteiger partial charge >= 0.3 is 12.1 Å². The van der Waals surface area contributed by atoms with Gasteiger partial charge in [-0.15, -0.1) is 11.8 Å². The van der Waals surface area contributed by atoms with Crippen molar-refractivity contribution in [3.63, 3.8) is 0 Å². The Labute approximate surface area is 220 Å². The average molecular weight is 536 g/mol. The summed E-state index contributed by atoms with van der Waals surface area (Å²) in [7, 11) is 0. The predicted octanol–water partition coefficient (Wildman–Crippen LogP) is 8.36. The second-order valence-corrected chi connectivity index (χ2v) is 10.6. The third-order valence-electron chi connectivity index (χ3n) is 6.36. The van der Waals surface area contributed by atoms with E-state index in [1.165, 1.54) is 79.6 Å². The number of hydrogen-bond acceptors (Lipinski definition) is 4. The molecule has 0 saturated heterocycles. The molecule has 0 spiro atoms. The minimum atomic E-state index is -5.08. The smallest absolute Gasteiger partial charge is 0.475 e. The number of rotatable bonds is 9. The standard InChI is InChI=1S/C26H35N3S.C2HF3O2/c1-3-4-5-9-18-30-23-14-12-21(13-15-23)25-26(27-22-10-7-6-8-11-22)29-17-16-20(2)19-24(29)28-25;3-2(4,5)1(6)7/h12-17,19,22,27H,3-11,18H2,1-2H3;(H,6,7). The zero-order valence-electron chi connectivity index (χ0n) is 21.5. The highest BCUT2D eigenvalue weighted by molar-refractivity contribution is 7.99. The van der Waals surface area contributed by atoms with E-state index >= 15 is 0 Å². The first-order valence-corrected chi connectivity index (χ1v) is 14.0. The van der Waals surface area contributed by atoms with Crippen LogP contribution < -0.4 is 5.32 Å². The van der Waals surface area contributed by atoms with Gasteiger partial charge in [-0.25, -0.2) is 9.78 Å². The summed E-state index contributed by atoms with van der Waals surface area (Å²) in [5, 5.41) is 11.0.